The molecule has 0 bridgehead atoms. The number of carbonyl (C=O) groups is 1. The van der Waals surface area contributed by atoms with E-state index in [2.05, 4.69) is 9.72 Å². The number of aromatic nitrogens is 1. The van der Waals surface area contributed by atoms with Gasteiger partial charge in [-0.3, -0.25) is 0 Å². The number of aromatic carboxylic acids is 1. The number of nitrogens with zero attached hydrogens (tertiary/aromatic N) is 1. The van der Waals surface area contributed by atoms with E-state index in [1.165, 1.54) is 7.11 Å². The van der Waals surface area contributed by atoms with Crippen LogP contribution in [0.15, 0.2) is 6.07 Å². The van der Waals surface area contributed by atoms with Crippen LogP contribution in [0.3, 0.4) is 0 Å². The van der Waals surface area contributed by atoms with Crippen LogP contribution in [0.5, 0.6) is 5.88 Å². The zero-order chi connectivity index (χ0) is 11.6. The van der Waals surface area contributed by atoms with Gasteiger partial charge in [0.1, 0.15) is 5.69 Å². The predicted molar refractivity (Wildman–Crippen MR) is 47.7 cm³/mol. The molecule has 0 aliphatic carbocycles. The molecule has 82 valence electrons. The number of rotatable bonds is 3. The first-order valence-electron chi connectivity index (χ1n) is 3.73. The normalized spacial score (nSPS) is 10.5. The van der Waals surface area contributed by atoms with Crippen molar-refractivity contribution in [2.75, 3.05) is 7.11 Å². The Hall–Kier alpha value is -1.43. The number of carboxylic acid groups (broad SMARTS) is 1. The average molecular weight is 238 g/mol. The first kappa shape index (κ1) is 11.6. The highest BCUT2D eigenvalue weighted by Crippen LogP contribution is 2.30. The van der Waals surface area contributed by atoms with Crippen LogP contribution in [0.25, 0.3) is 0 Å². The average Bonchev–Trinajstić information content (AvgIpc) is 2.17. The van der Waals surface area contributed by atoms with E-state index in [9.17, 15) is 13.6 Å². The van der Waals surface area contributed by atoms with Crippen LogP contribution in [0.4, 0.5) is 8.78 Å². The summed E-state index contributed by atoms with van der Waals surface area (Å²) in [7, 11) is 1.19. The molecule has 1 rings (SSSR count). The van der Waals surface area contributed by atoms with Gasteiger partial charge in [-0.15, -0.1) is 0 Å². The fourth-order valence-electron chi connectivity index (χ4n) is 0.930. The van der Waals surface area contributed by atoms with Crippen LogP contribution in [0.2, 0.25) is 5.02 Å². The minimum Gasteiger partial charge on any atom is -0.481 e. The fraction of sp³-hybridized carbons (Fsp3) is 0.250. The summed E-state index contributed by atoms with van der Waals surface area (Å²) in [6, 6.07) is 0.983. The van der Waals surface area contributed by atoms with Crippen LogP contribution >= 0.6 is 11.6 Å². The zero-order valence-corrected chi connectivity index (χ0v) is 8.26. The maximum atomic E-state index is 12.4. The Labute approximate surface area is 88.4 Å². The van der Waals surface area contributed by atoms with E-state index in [0.717, 1.165) is 6.07 Å². The molecule has 4 nitrogen and oxygen atoms in total. The number of ether oxygens (including phenoxy) is 1. The first-order chi connectivity index (χ1) is 6.97. The monoisotopic (exact) mass is 237 g/mol. The quantitative estimate of drug-likeness (QED) is 0.877. The van der Waals surface area contributed by atoms with Crippen LogP contribution in [0, 0.1) is 0 Å². The second-order valence-corrected chi connectivity index (χ2v) is 2.90. The largest absolute Gasteiger partial charge is 0.481 e. The third-order valence-electron chi connectivity index (χ3n) is 1.61. The predicted octanol–water partition coefficient (Wildman–Crippen LogP) is 2.38. The van der Waals surface area contributed by atoms with Gasteiger partial charge in [0, 0.05) is 6.07 Å². The van der Waals surface area contributed by atoms with Crippen molar-refractivity contribution >= 4 is 17.6 Å². The van der Waals surface area contributed by atoms with Gasteiger partial charge < -0.3 is 9.84 Å². The number of pyridine rings is 1. The molecule has 1 aromatic rings. The van der Waals surface area contributed by atoms with Gasteiger partial charge in [0.25, 0.3) is 6.43 Å². The summed E-state index contributed by atoms with van der Waals surface area (Å²) in [5, 5.41) is 8.11. The van der Waals surface area contributed by atoms with E-state index in [1.807, 2.05) is 0 Å². The molecule has 7 heteroatoms. The lowest BCUT2D eigenvalue weighted by Crippen LogP contribution is -2.04. The van der Waals surface area contributed by atoms with E-state index in [0.29, 0.717) is 0 Å². The van der Waals surface area contributed by atoms with Crippen molar-refractivity contribution < 1.29 is 23.4 Å². The summed E-state index contributed by atoms with van der Waals surface area (Å²) in [4.78, 5) is 14.0. The van der Waals surface area contributed by atoms with Crippen molar-refractivity contribution in [3.8, 4) is 5.88 Å². The van der Waals surface area contributed by atoms with Crippen molar-refractivity contribution in [3.05, 3.63) is 22.3 Å². The van der Waals surface area contributed by atoms with Crippen LogP contribution in [-0.2, 0) is 0 Å². The van der Waals surface area contributed by atoms with Gasteiger partial charge in [-0.2, -0.15) is 0 Å². The molecule has 0 spiro atoms. The summed E-state index contributed by atoms with van der Waals surface area (Å²) in [6.45, 7) is 0. The van der Waals surface area contributed by atoms with Gasteiger partial charge >= 0.3 is 5.97 Å². The molecule has 0 amide bonds. The highest BCUT2D eigenvalue weighted by molar-refractivity contribution is 6.34. The Morgan fingerprint density at radius 3 is 2.67 bits per heavy atom. The first-order valence-corrected chi connectivity index (χ1v) is 4.11. The SMILES string of the molecule is COc1cc(C(=O)O)c(Cl)c(C(F)F)n1. The number of methoxy groups -OCH3 is 1. The van der Waals surface area contributed by atoms with Crippen molar-refractivity contribution in [3.63, 3.8) is 0 Å². The third kappa shape index (κ3) is 2.33. The van der Waals surface area contributed by atoms with Crippen molar-refractivity contribution in [2.45, 2.75) is 6.43 Å². The molecular formula is C8H6ClF2NO3. The standard InChI is InChI=1S/C8H6ClF2NO3/c1-15-4-2-3(8(13)14)5(9)6(12-4)7(10)11/h2,7H,1H3,(H,13,14). The van der Waals surface area contributed by atoms with Crippen LogP contribution < -0.4 is 4.74 Å². The number of halogens is 3. The van der Waals surface area contributed by atoms with E-state index in [4.69, 9.17) is 16.7 Å². The molecule has 0 atom stereocenters. The van der Waals surface area contributed by atoms with Crippen LogP contribution in [0.1, 0.15) is 22.5 Å². The molecular weight excluding hydrogens is 232 g/mol. The molecule has 0 aromatic carbocycles. The zero-order valence-electron chi connectivity index (χ0n) is 7.50. The van der Waals surface area contributed by atoms with Gasteiger partial charge in [-0.25, -0.2) is 18.6 Å². The molecule has 0 fully saturated rings. The Kier molecular flexibility index (Phi) is 3.41. The molecule has 0 saturated carbocycles. The van der Waals surface area contributed by atoms with Gasteiger partial charge in [0.15, 0.2) is 0 Å². The lowest BCUT2D eigenvalue weighted by molar-refractivity contribution is 0.0695. The molecule has 0 saturated heterocycles. The number of hydrogen-bond donors (Lipinski definition) is 1. The molecule has 1 heterocycles. The van der Waals surface area contributed by atoms with Crippen molar-refractivity contribution in [1.82, 2.24) is 4.98 Å². The highest BCUT2D eigenvalue weighted by Gasteiger charge is 2.22. The minimum atomic E-state index is -2.95. The molecule has 0 aliphatic heterocycles. The topological polar surface area (TPSA) is 59.4 Å². The summed E-state index contributed by atoms with van der Waals surface area (Å²) in [5.74, 6) is -1.63. The second-order valence-electron chi connectivity index (χ2n) is 2.52. The van der Waals surface area contributed by atoms with Crippen molar-refractivity contribution in [1.29, 1.82) is 0 Å². The molecule has 0 unspecified atom stereocenters. The summed E-state index contributed by atoms with van der Waals surface area (Å²) in [6.07, 6.45) is -2.95. The van der Waals surface area contributed by atoms with Gasteiger partial charge in [0.2, 0.25) is 5.88 Å². The summed E-state index contributed by atoms with van der Waals surface area (Å²) >= 11 is 5.45. The van der Waals surface area contributed by atoms with E-state index < -0.39 is 28.7 Å². The minimum absolute atomic E-state index is 0.216. The fourth-order valence-corrected chi connectivity index (χ4v) is 1.19. The highest BCUT2D eigenvalue weighted by atomic mass is 35.5. The second kappa shape index (κ2) is 4.39. The van der Waals surface area contributed by atoms with Crippen LogP contribution in [-0.4, -0.2) is 23.2 Å². The van der Waals surface area contributed by atoms with E-state index >= 15 is 0 Å². The number of alkyl halides is 2. The summed E-state index contributed by atoms with van der Waals surface area (Å²) < 4.78 is 29.4. The number of hydrogen-bond acceptors (Lipinski definition) is 3. The van der Waals surface area contributed by atoms with Gasteiger partial charge in [-0.1, -0.05) is 11.6 Å². The smallest absolute Gasteiger partial charge is 0.337 e. The molecule has 15 heavy (non-hydrogen) atoms. The maximum absolute atomic E-state index is 12.4. The molecule has 0 aliphatic rings. The number of carboxylic acids is 1. The molecule has 0 radical (unpaired) electrons. The Balaban J connectivity index is 3.40. The van der Waals surface area contributed by atoms with Crippen molar-refractivity contribution in [2.24, 2.45) is 0 Å². The lowest BCUT2D eigenvalue weighted by atomic mass is 10.2. The summed E-state index contributed by atoms with van der Waals surface area (Å²) in [5.41, 5.74) is -1.26. The molecule has 1 aromatic heterocycles. The van der Waals surface area contributed by atoms with E-state index in [-0.39, 0.29) is 5.88 Å². The third-order valence-corrected chi connectivity index (χ3v) is 2.00. The Morgan fingerprint density at radius 1 is 1.67 bits per heavy atom. The van der Waals surface area contributed by atoms with Gasteiger partial charge in [-0.05, 0) is 0 Å². The Bertz CT molecular complexity index is 398. The van der Waals surface area contributed by atoms with E-state index in [1.54, 1.807) is 0 Å². The Morgan fingerprint density at radius 2 is 2.27 bits per heavy atom. The van der Waals surface area contributed by atoms with Gasteiger partial charge in [0.05, 0.1) is 17.7 Å². The molecule has 1 N–H and O–H groups in total. The lowest BCUT2D eigenvalue weighted by Gasteiger charge is -2.07. The maximum Gasteiger partial charge on any atom is 0.337 e.